The van der Waals surface area contributed by atoms with Gasteiger partial charge in [-0.3, -0.25) is 14.4 Å². The van der Waals surface area contributed by atoms with E-state index in [0.717, 1.165) is 23.1 Å². The first-order valence-corrected chi connectivity index (χ1v) is 7.28. The molecule has 0 radical (unpaired) electrons. The van der Waals surface area contributed by atoms with Crippen LogP contribution in [0.2, 0.25) is 0 Å². The Labute approximate surface area is 139 Å². The quantitative estimate of drug-likeness (QED) is 0.841. The van der Waals surface area contributed by atoms with Crippen LogP contribution in [0.1, 0.15) is 31.1 Å². The summed E-state index contributed by atoms with van der Waals surface area (Å²) in [5, 5.41) is 5.01. The standard InChI is InChI=1S/C16H21F2N3O3/c1-16(2,3)20-13(22)9-21(4)14(23)8-19-15(24)10-5-6-11(17)12(18)7-10/h5-7H,8-9H2,1-4H3,(H,19,24)(H,20,22). The summed E-state index contributed by atoms with van der Waals surface area (Å²) < 4.78 is 25.9. The second-order valence-electron chi connectivity index (χ2n) is 6.36. The molecule has 1 aromatic carbocycles. The summed E-state index contributed by atoms with van der Waals surface area (Å²) in [6.45, 7) is 4.92. The van der Waals surface area contributed by atoms with Crippen molar-refractivity contribution >= 4 is 17.7 Å². The number of halogens is 2. The molecule has 132 valence electrons. The van der Waals surface area contributed by atoms with Crippen molar-refractivity contribution in [3.8, 4) is 0 Å². The molecule has 0 unspecified atom stereocenters. The summed E-state index contributed by atoms with van der Waals surface area (Å²) in [6.07, 6.45) is 0. The Morgan fingerprint density at radius 1 is 1.12 bits per heavy atom. The molecule has 0 bridgehead atoms. The molecule has 0 atom stereocenters. The lowest BCUT2D eigenvalue weighted by molar-refractivity contribution is -0.134. The highest BCUT2D eigenvalue weighted by Crippen LogP contribution is 2.08. The Bertz CT molecular complexity index is 642. The van der Waals surface area contributed by atoms with Gasteiger partial charge in [0.25, 0.3) is 5.91 Å². The molecule has 8 heteroatoms. The van der Waals surface area contributed by atoms with Crippen LogP contribution in [-0.2, 0) is 9.59 Å². The number of likely N-dealkylation sites (N-methyl/N-ethyl adjacent to an activating group) is 1. The van der Waals surface area contributed by atoms with Gasteiger partial charge in [-0.2, -0.15) is 0 Å². The second-order valence-corrected chi connectivity index (χ2v) is 6.36. The average Bonchev–Trinajstić information content (AvgIpc) is 2.45. The van der Waals surface area contributed by atoms with Crippen LogP contribution in [0.4, 0.5) is 8.78 Å². The zero-order chi connectivity index (χ0) is 18.5. The van der Waals surface area contributed by atoms with Crippen molar-refractivity contribution in [2.75, 3.05) is 20.1 Å². The third kappa shape index (κ3) is 6.31. The van der Waals surface area contributed by atoms with Crippen LogP contribution >= 0.6 is 0 Å². The molecule has 1 rings (SSSR count). The third-order valence-corrected chi connectivity index (χ3v) is 2.90. The summed E-state index contributed by atoms with van der Waals surface area (Å²) in [4.78, 5) is 36.6. The number of hydrogen-bond donors (Lipinski definition) is 2. The average molecular weight is 341 g/mol. The van der Waals surface area contributed by atoms with E-state index >= 15 is 0 Å². The van der Waals surface area contributed by atoms with Crippen LogP contribution in [0.25, 0.3) is 0 Å². The minimum Gasteiger partial charge on any atom is -0.350 e. The number of hydrogen-bond acceptors (Lipinski definition) is 3. The maximum absolute atomic E-state index is 13.1. The molecule has 0 spiro atoms. The zero-order valence-corrected chi connectivity index (χ0v) is 14.1. The SMILES string of the molecule is CN(CC(=O)NC(C)(C)C)C(=O)CNC(=O)c1ccc(F)c(F)c1. The molecule has 0 saturated carbocycles. The van der Waals surface area contributed by atoms with Gasteiger partial charge in [0, 0.05) is 18.2 Å². The minimum atomic E-state index is -1.15. The zero-order valence-electron chi connectivity index (χ0n) is 14.1. The van der Waals surface area contributed by atoms with Gasteiger partial charge in [0.15, 0.2) is 11.6 Å². The van der Waals surface area contributed by atoms with E-state index in [-0.39, 0.29) is 24.6 Å². The lowest BCUT2D eigenvalue weighted by atomic mass is 10.1. The second kappa shape index (κ2) is 7.85. The van der Waals surface area contributed by atoms with Crippen LogP contribution in [0.5, 0.6) is 0 Å². The fourth-order valence-corrected chi connectivity index (χ4v) is 1.79. The molecule has 2 N–H and O–H groups in total. The first-order valence-electron chi connectivity index (χ1n) is 7.28. The van der Waals surface area contributed by atoms with Crippen molar-refractivity contribution in [2.24, 2.45) is 0 Å². The van der Waals surface area contributed by atoms with E-state index in [9.17, 15) is 23.2 Å². The molecule has 0 aliphatic rings. The van der Waals surface area contributed by atoms with Gasteiger partial charge in [0.1, 0.15) is 0 Å². The van der Waals surface area contributed by atoms with E-state index < -0.39 is 29.0 Å². The van der Waals surface area contributed by atoms with E-state index in [1.165, 1.54) is 7.05 Å². The van der Waals surface area contributed by atoms with E-state index in [0.29, 0.717) is 0 Å². The third-order valence-electron chi connectivity index (χ3n) is 2.90. The van der Waals surface area contributed by atoms with Gasteiger partial charge in [0.2, 0.25) is 11.8 Å². The molecule has 0 fully saturated rings. The molecule has 0 aromatic heterocycles. The van der Waals surface area contributed by atoms with Gasteiger partial charge in [-0.05, 0) is 39.0 Å². The molecule has 3 amide bonds. The Hall–Kier alpha value is -2.51. The Morgan fingerprint density at radius 3 is 2.29 bits per heavy atom. The van der Waals surface area contributed by atoms with E-state index in [1.807, 2.05) is 20.8 Å². The van der Waals surface area contributed by atoms with Gasteiger partial charge >= 0.3 is 0 Å². The largest absolute Gasteiger partial charge is 0.350 e. The highest BCUT2D eigenvalue weighted by atomic mass is 19.2. The topological polar surface area (TPSA) is 78.5 Å². The van der Waals surface area contributed by atoms with Crippen molar-refractivity contribution in [3.05, 3.63) is 35.4 Å². The minimum absolute atomic E-state index is 0.102. The predicted molar refractivity (Wildman–Crippen MR) is 84.2 cm³/mol. The Morgan fingerprint density at radius 2 is 1.75 bits per heavy atom. The summed E-state index contributed by atoms with van der Waals surface area (Å²) in [5.74, 6) is -3.74. The summed E-state index contributed by atoms with van der Waals surface area (Å²) in [6, 6.07) is 2.68. The Kier molecular flexibility index (Phi) is 6.39. The maximum Gasteiger partial charge on any atom is 0.251 e. The number of nitrogens with one attached hydrogen (secondary N) is 2. The number of benzene rings is 1. The molecule has 0 heterocycles. The predicted octanol–water partition coefficient (Wildman–Crippen LogP) is 1.07. The van der Waals surface area contributed by atoms with Crippen molar-refractivity contribution in [2.45, 2.75) is 26.3 Å². The molecule has 1 aromatic rings. The monoisotopic (exact) mass is 341 g/mol. The first kappa shape index (κ1) is 19.5. The molecular weight excluding hydrogens is 320 g/mol. The smallest absolute Gasteiger partial charge is 0.251 e. The molecule has 0 aliphatic heterocycles. The van der Waals surface area contributed by atoms with Gasteiger partial charge in [0.05, 0.1) is 13.1 Å². The van der Waals surface area contributed by atoms with Crippen LogP contribution in [0.15, 0.2) is 18.2 Å². The van der Waals surface area contributed by atoms with Crippen LogP contribution < -0.4 is 10.6 Å². The fourth-order valence-electron chi connectivity index (χ4n) is 1.79. The van der Waals surface area contributed by atoms with E-state index in [4.69, 9.17) is 0 Å². The van der Waals surface area contributed by atoms with Crippen molar-refractivity contribution < 1.29 is 23.2 Å². The highest BCUT2D eigenvalue weighted by Gasteiger charge is 2.18. The highest BCUT2D eigenvalue weighted by molar-refractivity contribution is 5.96. The molecule has 24 heavy (non-hydrogen) atoms. The molecule has 0 saturated heterocycles. The van der Waals surface area contributed by atoms with Gasteiger partial charge in [-0.25, -0.2) is 8.78 Å². The normalized spacial score (nSPS) is 10.9. The van der Waals surface area contributed by atoms with Crippen LogP contribution in [-0.4, -0.2) is 48.3 Å². The molecular formula is C16H21F2N3O3. The summed E-state index contributed by atoms with van der Waals surface area (Å²) in [5.41, 5.74) is -0.517. The first-order chi connectivity index (χ1) is 11.0. The van der Waals surface area contributed by atoms with Crippen molar-refractivity contribution in [3.63, 3.8) is 0 Å². The summed E-state index contributed by atoms with van der Waals surface area (Å²) in [7, 11) is 1.42. The van der Waals surface area contributed by atoms with Gasteiger partial charge in [-0.15, -0.1) is 0 Å². The number of carbonyl (C=O) groups excluding carboxylic acids is 3. The maximum atomic E-state index is 13.1. The number of amides is 3. The van der Waals surface area contributed by atoms with Gasteiger partial charge in [-0.1, -0.05) is 0 Å². The number of carbonyl (C=O) groups is 3. The van der Waals surface area contributed by atoms with Crippen molar-refractivity contribution in [1.82, 2.24) is 15.5 Å². The van der Waals surface area contributed by atoms with E-state index in [1.54, 1.807) is 0 Å². The fraction of sp³-hybridized carbons (Fsp3) is 0.438. The Balaban J connectivity index is 2.51. The number of nitrogens with zero attached hydrogens (tertiary/aromatic N) is 1. The number of rotatable bonds is 5. The van der Waals surface area contributed by atoms with Gasteiger partial charge < -0.3 is 15.5 Å². The lowest BCUT2D eigenvalue weighted by Gasteiger charge is -2.23. The molecule has 6 nitrogen and oxygen atoms in total. The van der Waals surface area contributed by atoms with E-state index in [2.05, 4.69) is 10.6 Å². The lowest BCUT2D eigenvalue weighted by Crippen LogP contribution is -2.47. The molecule has 0 aliphatic carbocycles. The summed E-state index contributed by atoms with van der Waals surface area (Å²) >= 11 is 0. The van der Waals surface area contributed by atoms with Crippen LogP contribution in [0.3, 0.4) is 0 Å². The van der Waals surface area contributed by atoms with Crippen molar-refractivity contribution in [1.29, 1.82) is 0 Å². The van der Waals surface area contributed by atoms with Crippen LogP contribution in [0, 0.1) is 11.6 Å².